The van der Waals surface area contributed by atoms with Crippen LogP contribution in [0.3, 0.4) is 0 Å². The Balaban J connectivity index is 2.19. The second kappa shape index (κ2) is 6.12. The van der Waals surface area contributed by atoms with E-state index in [4.69, 9.17) is 0 Å². The Labute approximate surface area is 98.7 Å². The van der Waals surface area contributed by atoms with Crippen LogP contribution in [-0.4, -0.2) is 25.4 Å². The van der Waals surface area contributed by atoms with E-state index in [9.17, 15) is 18.0 Å². The van der Waals surface area contributed by atoms with Crippen LogP contribution < -0.4 is 5.32 Å². The molecular weight excluding hydrogens is 235 g/mol. The maximum atomic E-state index is 11.8. The van der Waals surface area contributed by atoms with E-state index in [1.807, 2.05) is 0 Å². The van der Waals surface area contributed by atoms with Crippen LogP contribution in [0.1, 0.15) is 32.6 Å². The molecule has 1 fully saturated rings. The minimum absolute atomic E-state index is 0.349. The first-order chi connectivity index (χ1) is 7.88. The molecule has 0 heterocycles. The van der Waals surface area contributed by atoms with Gasteiger partial charge in [-0.25, -0.2) is 4.79 Å². The fourth-order valence-corrected chi connectivity index (χ4v) is 2.11. The lowest BCUT2D eigenvalue weighted by atomic mass is 9.80. The number of hydrogen-bond donors (Lipinski definition) is 1. The monoisotopic (exact) mass is 253 g/mol. The van der Waals surface area contributed by atoms with E-state index < -0.39 is 18.9 Å². The molecular formula is C11H18F3NO2. The van der Waals surface area contributed by atoms with Crippen molar-refractivity contribution in [3.8, 4) is 0 Å². The molecule has 0 aliphatic heterocycles. The summed E-state index contributed by atoms with van der Waals surface area (Å²) < 4.78 is 39.4. The molecule has 1 saturated carbocycles. The number of amides is 1. The highest BCUT2D eigenvalue weighted by Crippen LogP contribution is 2.28. The van der Waals surface area contributed by atoms with E-state index >= 15 is 0 Å². The van der Waals surface area contributed by atoms with Gasteiger partial charge in [0, 0.05) is 6.54 Å². The maximum absolute atomic E-state index is 11.8. The van der Waals surface area contributed by atoms with E-state index in [0.29, 0.717) is 18.4 Å². The van der Waals surface area contributed by atoms with E-state index in [1.165, 1.54) is 6.42 Å². The predicted octanol–water partition coefficient (Wildman–Crippen LogP) is 3.10. The maximum Gasteiger partial charge on any atom is 0.422 e. The van der Waals surface area contributed by atoms with Crippen molar-refractivity contribution in [3.63, 3.8) is 0 Å². The zero-order valence-corrected chi connectivity index (χ0v) is 9.85. The van der Waals surface area contributed by atoms with Crippen molar-refractivity contribution in [2.45, 2.75) is 38.8 Å². The van der Waals surface area contributed by atoms with Crippen molar-refractivity contribution in [2.24, 2.45) is 11.8 Å². The Morgan fingerprint density at radius 2 is 2.00 bits per heavy atom. The highest BCUT2D eigenvalue weighted by atomic mass is 19.4. The number of ether oxygens (including phenoxy) is 1. The lowest BCUT2D eigenvalue weighted by Gasteiger charge is -2.28. The number of nitrogens with one attached hydrogen (secondary N) is 1. The molecule has 1 rings (SSSR count). The van der Waals surface area contributed by atoms with Gasteiger partial charge in [0.1, 0.15) is 0 Å². The van der Waals surface area contributed by atoms with Gasteiger partial charge in [-0.15, -0.1) is 0 Å². The van der Waals surface area contributed by atoms with Crippen LogP contribution in [0.25, 0.3) is 0 Å². The molecule has 2 unspecified atom stereocenters. The molecule has 0 spiro atoms. The Kier molecular flexibility index (Phi) is 5.08. The molecule has 17 heavy (non-hydrogen) atoms. The molecule has 1 aliphatic rings. The number of alkyl halides is 3. The first-order valence-corrected chi connectivity index (χ1v) is 5.86. The highest BCUT2D eigenvalue weighted by molar-refractivity contribution is 5.67. The molecule has 2 atom stereocenters. The number of rotatable bonds is 3. The van der Waals surface area contributed by atoms with Crippen molar-refractivity contribution >= 4 is 6.09 Å². The molecule has 0 aromatic heterocycles. The summed E-state index contributed by atoms with van der Waals surface area (Å²) in [6.45, 7) is 0.976. The van der Waals surface area contributed by atoms with Crippen LogP contribution >= 0.6 is 0 Å². The van der Waals surface area contributed by atoms with Gasteiger partial charge in [-0.3, -0.25) is 0 Å². The van der Waals surface area contributed by atoms with Gasteiger partial charge in [0.15, 0.2) is 6.61 Å². The van der Waals surface area contributed by atoms with E-state index in [0.717, 1.165) is 19.3 Å². The fourth-order valence-electron chi connectivity index (χ4n) is 2.11. The lowest BCUT2D eigenvalue weighted by Crippen LogP contribution is -2.35. The SMILES string of the molecule is CC1CCCCC1CNC(=O)OCC(F)(F)F. The molecule has 1 N–H and O–H groups in total. The summed E-state index contributed by atoms with van der Waals surface area (Å²) in [5.41, 5.74) is 0. The smallest absolute Gasteiger partial charge is 0.422 e. The van der Waals surface area contributed by atoms with Gasteiger partial charge in [-0.05, 0) is 18.3 Å². The van der Waals surface area contributed by atoms with Crippen LogP contribution in [0.5, 0.6) is 0 Å². The van der Waals surface area contributed by atoms with Crippen LogP contribution in [0.15, 0.2) is 0 Å². The molecule has 0 aromatic carbocycles. The number of carbonyl (C=O) groups is 1. The standard InChI is InChI=1S/C11H18F3NO2/c1-8-4-2-3-5-9(8)6-15-10(16)17-7-11(12,13)14/h8-9H,2-7H2,1H3,(H,15,16). The third-order valence-corrected chi connectivity index (χ3v) is 3.16. The molecule has 6 heteroatoms. The summed E-state index contributed by atoms with van der Waals surface area (Å²) >= 11 is 0. The topological polar surface area (TPSA) is 38.3 Å². The largest absolute Gasteiger partial charge is 0.440 e. The molecule has 100 valence electrons. The molecule has 3 nitrogen and oxygen atoms in total. The van der Waals surface area contributed by atoms with Gasteiger partial charge in [-0.1, -0.05) is 26.2 Å². The summed E-state index contributed by atoms with van der Waals surface area (Å²) in [6, 6.07) is 0. The molecule has 1 amide bonds. The van der Waals surface area contributed by atoms with Crippen molar-refractivity contribution < 1.29 is 22.7 Å². The van der Waals surface area contributed by atoms with Gasteiger partial charge < -0.3 is 10.1 Å². The van der Waals surface area contributed by atoms with Crippen molar-refractivity contribution in [2.75, 3.05) is 13.2 Å². The molecule has 0 bridgehead atoms. The summed E-state index contributed by atoms with van der Waals surface area (Å²) in [6.07, 6.45) is -1.01. The van der Waals surface area contributed by atoms with Gasteiger partial charge in [0.2, 0.25) is 0 Å². The molecule has 1 aliphatic carbocycles. The van der Waals surface area contributed by atoms with Crippen molar-refractivity contribution in [3.05, 3.63) is 0 Å². The summed E-state index contributed by atoms with van der Waals surface area (Å²) in [4.78, 5) is 11.0. The first kappa shape index (κ1) is 14.1. The van der Waals surface area contributed by atoms with Crippen LogP contribution in [0.2, 0.25) is 0 Å². The molecule has 0 radical (unpaired) electrons. The minimum atomic E-state index is -4.46. The quantitative estimate of drug-likeness (QED) is 0.839. The van der Waals surface area contributed by atoms with Gasteiger partial charge >= 0.3 is 12.3 Å². The van der Waals surface area contributed by atoms with Crippen LogP contribution in [0, 0.1) is 11.8 Å². The summed E-state index contributed by atoms with van der Waals surface area (Å²) in [5, 5.41) is 2.39. The highest BCUT2D eigenvalue weighted by Gasteiger charge is 2.30. The number of hydrogen-bond acceptors (Lipinski definition) is 2. The van der Waals surface area contributed by atoms with E-state index in [2.05, 4.69) is 17.0 Å². The Bertz CT molecular complexity index is 256. The van der Waals surface area contributed by atoms with E-state index in [-0.39, 0.29) is 0 Å². The summed E-state index contributed by atoms with van der Waals surface area (Å²) in [5.74, 6) is 0.855. The zero-order chi connectivity index (χ0) is 12.9. The number of halogens is 3. The number of carbonyl (C=O) groups excluding carboxylic acids is 1. The predicted molar refractivity (Wildman–Crippen MR) is 56.5 cm³/mol. The minimum Gasteiger partial charge on any atom is -0.440 e. The normalized spacial score (nSPS) is 25.4. The third kappa shape index (κ3) is 5.79. The molecule has 0 saturated heterocycles. The fraction of sp³-hybridized carbons (Fsp3) is 0.909. The van der Waals surface area contributed by atoms with Crippen LogP contribution in [-0.2, 0) is 4.74 Å². The van der Waals surface area contributed by atoms with Gasteiger partial charge in [0.25, 0.3) is 0 Å². The second-order valence-corrected chi connectivity index (χ2v) is 4.59. The Morgan fingerprint density at radius 3 is 2.59 bits per heavy atom. The van der Waals surface area contributed by atoms with Crippen LogP contribution in [0.4, 0.5) is 18.0 Å². The number of alkyl carbamates (subject to hydrolysis) is 1. The van der Waals surface area contributed by atoms with Crippen molar-refractivity contribution in [1.82, 2.24) is 5.32 Å². The zero-order valence-electron chi connectivity index (χ0n) is 9.85. The third-order valence-electron chi connectivity index (χ3n) is 3.16. The lowest BCUT2D eigenvalue weighted by molar-refractivity contribution is -0.160. The Morgan fingerprint density at radius 1 is 1.35 bits per heavy atom. The summed E-state index contributed by atoms with van der Waals surface area (Å²) in [7, 11) is 0. The van der Waals surface area contributed by atoms with Gasteiger partial charge in [-0.2, -0.15) is 13.2 Å². The first-order valence-electron chi connectivity index (χ1n) is 5.86. The average Bonchev–Trinajstić information content (AvgIpc) is 2.24. The second-order valence-electron chi connectivity index (χ2n) is 4.59. The average molecular weight is 253 g/mol. The molecule has 0 aromatic rings. The van der Waals surface area contributed by atoms with E-state index in [1.54, 1.807) is 0 Å². The van der Waals surface area contributed by atoms with Crippen molar-refractivity contribution in [1.29, 1.82) is 0 Å². The Hall–Kier alpha value is -0.940. The van der Waals surface area contributed by atoms with Gasteiger partial charge in [0.05, 0.1) is 0 Å².